The number of carbonyl (C=O) groups is 1. The molecule has 1 saturated heterocycles. The second-order valence-electron chi connectivity index (χ2n) is 7.63. The summed E-state index contributed by atoms with van der Waals surface area (Å²) >= 11 is 0. The van der Waals surface area contributed by atoms with E-state index in [9.17, 15) is 4.79 Å². The average molecular weight is 434 g/mol. The largest absolute Gasteiger partial charge is 0.497 e. The van der Waals surface area contributed by atoms with Crippen LogP contribution in [0.5, 0.6) is 17.4 Å². The minimum absolute atomic E-state index is 0.133. The lowest BCUT2D eigenvalue weighted by Gasteiger charge is -2.16. The molecule has 166 valence electrons. The van der Waals surface area contributed by atoms with Crippen LogP contribution in [0.3, 0.4) is 0 Å². The third-order valence-corrected chi connectivity index (χ3v) is 5.17. The van der Waals surface area contributed by atoms with E-state index in [1.54, 1.807) is 13.3 Å². The van der Waals surface area contributed by atoms with Gasteiger partial charge in [0.25, 0.3) is 0 Å². The van der Waals surface area contributed by atoms with Gasteiger partial charge in [0, 0.05) is 30.8 Å². The van der Waals surface area contributed by atoms with Gasteiger partial charge in [0.1, 0.15) is 17.2 Å². The van der Waals surface area contributed by atoms with Crippen molar-refractivity contribution in [3.8, 4) is 28.8 Å². The molecular weight excluding hydrogens is 406 g/mol. The lowest BCUT2D eigenvalue weighted by atomic mass is 10.2. The summed E-state index contributed by atoms with van der Waals surface area (Å²) in [5.41, 5.74) is 2.18. The van der Waals surface area contributed by atoms with E-state index in [1.807, 2.05) is 48.5 Å². The van der Waals surface area contributed by atoms with E-state index >= 15 is 0 Å². The fourth-order valence-electron chi connectivity index (χ4n) is 3.56. The van der Waals surface area contributed by atoms with Crippen LogP contribution >= 0.6 is 0 Å². The Labute approximate surface area is 187 Å². The van der Waals surface area contributed by atoms with Crippen molar-refractivity contribution in [2.45, 2.75) is 25.8 Å². The number of hydrogen-bond donors (Lipinski definition) is 3. The van der Waals surface area contributed by atoms with E-state index in [-0.39, 0.29) is 5.91 Å². The number of nitrogens with one attached hydrogen (secondary N) is 3. The SMILES string of the molecule is COc1ccc(Oc2nc(-c3cccc(NC(C)=O)c3)ncc2NC[C@@H]2CCCN2)cc1. The predicted molar refractivity (Wildman–Crippen MR) is 124 cm³/mol. The van der Waals surface area contributed by atoms with Crippen molar-refractivity contribution in [2.24, 2.45) is 0 Å². The van der Waals surface area contributed by atoms with E-state index in [0.29, 0.717) is 29.2 Å². The van der Waals surface area contributed by atoms with Crippen LogP contribution in [0.15, 0.2) is 54.7 Å². The van der Waals surface area contributed by atoms with Crippen LogP contribution < -0.4 is 25.4 Å². The Balaban J connectivity index is 1.61. The maximum absolute atomic E-state index is 11.4. The van der Waals surface area contributed by atoms with E-state index in [0.717, 1.165) is 36.5 Å². The number of benzene rings is 2. The van der Waals surface area contributed by atoms with Gasteiger partial charge in [-0.05, 0) is 55.8 Å². The first kappa shape index (κ1) is 21.6. The van der Waals surface area contributed by atoms with Gasteiger partial charge >= 0.3 is 0 Å². The van der Waals surface area contributed by atoms with Gasteiger partial charge in [-0.3, -0.25) is 4.79 Å². The van der Waals surface area contributed by atoms with Crippen molar-refractivity contribution in [1.82, 2.24) is 15.3 Å². The van der Waals surface area contributed by atoms with Crippen LogP contribution in [-0.2, 0) is 4.79 Å². The molecule has 1 aliphatic heterocycles. The molecule has 2 aromatic carbocycles. The first-order valence-electron chi connectivity index (χ1n) is 10.6. The molecule has 1 aliphatic rings. The van der Waals surface area contributed by atoms with E-state index in [2.05, 4.69) is 25.9 Å². The zero-order valence-corrected chi connectivity index (χ0v) is 18.2. The van der Waals surface area contributed by atoms with Gasteiger partial charge in [-0.2, -0.15) is 4.98 Å². The summed E-state index contributed by atoms with van der Waals surface area (Å²) in [6, 6.07) is 15.2. The van der Waals surface area contributed by atoms with Crippen LogP contribution in [-0.4, -0.2) is 42.1 Å². The fourth-order valence-corrected chi connectivity index (χ4v) is 3.56. The van der Waals surface area contributed by atoms with Gasteiger partial charge < -0.3 is 25.4 Å². The summed E-state index contributed by atoms with van der Waals surface area (Å²) in [4.78, 5) is 20.6. The Bertz CT molecular complexity index is 1070. The molecule has 0 saturated carbocycles. The molecule has 3 aromatic rings. The summed E-state index contributed by atoms with van der Waals surface area (Å²) in [5.74, 6) is 2.20. The number of aromatic nitrogens is 2. The molecule has 4 rings (SSSR count). The fraction of sp³-hybridized carbons (Fsp3) is 0.292. The summed E-state index contributed by atoms with van der Waals surface area (Å²) in [7, 11) is 1.63. The summed E-state index contributed by atoms with van der Waals surface area (Å²) in [6.45, 7) is 3.28. The molecule has 8 heteroatoms. The zero-order chi connectivity index (χ0) is 22.3. The molecule has 1 aromatic heterocycles. The Morgan fingerprint density at radius 3 is 2.72 bits per heavy atom. The van der Waals surface area contributed by atoms with Crippen LogP contribution in [0.2, 0.25) is 0 Å². The molecule has 1 atom stereocenters. The smallest absolute Gasteiger partial charge is 0.246 e. The van der Waals surface area contributed by atoms with E-state index in [4.69, 9.17) is 9.47 Å². The molecule has 0 unspecified atom stereocenters. The second-order valence-corrected chi connectivity index (χ2v) is 7.63. The summed E-state index contributed by atoms with van der Waals surface area (Å²) in [6.07, 6.45) is 4.05. The van der Waals surface area contributed by atoms with E-state index < -0.39 is 0 Å². The van der Waals surface area contributed by atoms with Crippen molar-refractivity contribution in [1.29, 1.82) is 0 Å². The highest BCUT2D eigenvalue weighted by atomic mass is 16.5. The standard InChI is InChI=1S/C24H27N5O3/c1-16(30)28-18-6-3-5-17(13-18)23-27-15-22(26-14-19-7-4-12-25-19)24(29-23)32-21-10-8-20(31-2)9-11-21/h3,5-6,8-11,13,15,19,25-26H,4,7,12,14H2,1-2H3,(H,28,30)/t19-/m0/s1. The van der Waals surface area contributed by atoms with Gasteiger partial charge in [-0.15, -0.1) is 0 Å². The molecule has 0 aliphatic carbocycles. The number of nitrogens with zero attached hydrogens (tertiary/aromatic N) is 2. The number of rotatable bonds is 8. The van der Waals surface area contributed by atoms with Crippen molar-refractivity contribution in [3.05, 3.63) is 54.7 Å². The van der Waals surface area contributed by atoms with Crippen molar-refractivity contribution in [3.63, 3.8) is 0 Å². The highest BCUT2D eigenvalue weighted by molar-refractivity contribution is 5.89. The Hall–Kier alpha value is -3.65. The highest BCUT2D eigenvalue weighted by Crippen LogP contribution is 2.31. The number of carbonyl (C=O) groups excluding carboxylic acids is 1. The van der Waals surface area contributed by atoms with Crippen molar-refractivity contribution >= 4 is 17.3 Å². The van der Waals surface area contributed by atoms with Gasteiger partial charge in [-0.25, -0.2) is 4.98 Å². The van der Waals surface area contributed by atoms with Crippen LogP contribution in [0.25, 0.3) is 11.4 Å². The molecule has 2 heterocycles. The first-order chi connectivity index (χ1) is 15.6. The topological polar surface area (TPSA) is 97.4 Å². The normalized spacial score (nSPS) is 15.2. The number of amides is 1. The van der Waals surface area contributed by atoms with Crippen molar-refractivity contribution < 1.29 is 14.3 Å². The number of anilines is 2. The molecular formula is C24H27N5O3. The third kappa shape index (κ3) is 5.53. The van der Waals surface area contributed by atoms with Crippen LogP contribution in [0.1, 0.15) is 19.8 Å². The molecule has 0 bridgehead atoms. The minimum atomic E-state index is -0.133. The lowest BCUT2D eigenvalue weighted by Crippen LogP contribution is -2.29. The minimum Gasteiger partial charge on any atom is -0.497 e. The highest BCUT2D eigenvalue weighted by Gasteiger charge is 2.16. The third-order valence-electron chi connectivity index (χ3n) is 5.17. The Morgan fingerprint density at radius 1 is 1.19 bits per heavy atom. The Morgan fingerprint density at radius 2 is 2.00 bits per heavy atom. The monoisotopic (exact) mass is 433 g/mol. The van der Waals surface area contributed by atoms with Gasteiger partial charge in [0.2, 0.25) is 11.8 Å². The van der Waals surface area contributed by atoms with Crippen LogP contribution in [0.4, 0.5) is 11.4 Å². The maximum Gasteiger partial charge on any atom is 0.246 e. The zero-order valence-electron chi connectivity index (χ0n) is 18.2. The quantitative estimate of drug-likeness (QED) is 0.493. The molecule has 0 radical (unpaired) electrons. The van der Waals surface area contributed by atoms with Crippen molar-refractivity contribution in [2.75, 3.05) is 30.8 Å². The number of ether oxygens (including phenoxy) is 2. The molecule has 32 heavy (non-hydrogen) atoms. The lowest BCUT2D eigenvalue weighted by molar-refractivity contribution is -0.114. The van der Waals surface area contributed by atoms with Gasteiger partial charge in [0.15, 0.2) is 5.82 Å². The van der Waals surface area contributed by atoms with Gasteiger partial charge in [0.05, 0.1) is 13.3 Å². The molecule has 0 spiro atoms. The maximum atomic E-state index is 11.4. The molecule has 1 fully saturated rings. The average Bonchev–Trinajstić information content (AvgIpc) is 3.32. The molecule has 1 amide bonds. The van der Waals surface area contributed by atoms with Gasteiger partial charge in [-0.1, -0.05) is 12.1 Å². The predicted octanol–water partition coefficient (Wildman–Crippen LogP) is 4.07. The second kappa shape index (κ2) is 10.1. The van der Waals surface area contributed by atoms with E-state index in [1.165, 1.54) is 13.3 Å². The number of hydrogen-bond acceptors (Lipinski definition) is 7. The number of methoxy groups -OCH3 is 1. The molecule has 3 N–H and O–H groups in total. The summed E-state index contributed by atoms with van der Waals surface area (Å²) in [5, 5.41) is 9.68. The first-order valence-corrected chi connectivity index (χ1v) is 10.6. The van der Waals surface area contributed by atoms with Crippen LogP contribution in [0, 0.1) is 0 Å². The molecule has 8 nitrogen and oxygen atoms in total. The Kier molecular flexibility index (Phi) is 6.81. The summed E-state index contributed by atoms with van der Waals surface area (Å²) < 4.78 is 11.3.